The fourth-order valence-electron chi connectivity index (χ4n) is 1.38. The summed E-state index contributed by atoms with van der Waals surface area (Å²) in [5.74, 6) is -0.700. The molecule has 0 aromatic carbocycles. The van der Waals surface area contributed by atoms with Gasteiger partial charge in [-0.05, 0) is 6.42 Å². The Balaban J connectivity index is 2.21. The van der Waals surface area contributed by atoms with E-state index in [9.17, 15) is 4.79 Å². The van der Waals surface area contributed by atoms with E-state index in [1.165, 1.54) is 31.7 Å². The maximum atomic E-state index is 10.5. The molecule has 0 spiro atoms. The summed E-state index contributed by atoms with van der Waals surface area (Å²) in [5.41, 5.74) is -0.0692. The van der Waals surface area contributed by atoms with Crippen molar-refractivity contribution in [1.82, 2.24) is 9.97 Å². The van der Waals surface area contributed by atoms with Gasteiger partial charge in [-0.2, -0.15) is 0 Å². The summed E-state index contributed by atoms with van der Waals surface area (Å²) in [5, 5.41) is 8.63. The van der Waals surface area contributed by atoms with Crippen molar-refractivity contribution in [2.24, 2.45) is 0 Å². The van der Waals surface area contributed by atoms with Crippen LogP contribution in [0, 0.1) is 0 Å². The van der Waals surface area contributed by atoms with Crippen LogP contribution < -0.4 is 4.74 Å². The number of rotatable bonds is 8. The van der Waals surface area contributed by atoms with E-state index in [0.29, 0.717) is 12.5 Å². The van der Waals surface area contributed by atoms with Gasteiger partial charge in [-0.25, -0.2) is 14.8 Å². The fourth-order valence-corrected chi connectivity index (χ4v) is 1.38. The zero-order chi connectivity index (χ0) is 12.5. The van der Waals surface area contributed by atoms with Crippen LogP contribution in [0.3, 0.4) is 0 Å². The topological polar surface area (TPSA) is 72.3 Å². The van der Waals surface area contributed by atoms with Crippen LogP contribution >= 0.6 is 0 Å². The van der Waals surface area contributed by atoms with Gasteiger partial charge in [0.05, 0.1) is 19.0 Å². The molecule has 0 bridgehead atoms. The van der Waals surface area contributed by atoms with Gasteiger partial charge in [0.25, 0.3) is 0 Å². The zero-order valence-electron chi connectivity index (χ0n) is 10.1. The highest BCUT2D eigenvalue weighted by Crippen LogP contribution is 2.07. The number of hydrogen-bond acceptors (Lipinski definition) is 4. The van der Waals surface area contributed by atoms with Gasteiger partial charge in [0.2, 0.25) is 5.88 Å². The van der Waals surface area contributed by atoms with Crippen molar-refractivity contribution in [2.45, 2.75) is 39.0 Å². The minimum absolute atomic E-state index is 0.0692. The number of aromatic nitrogens is 2. The van der Waals surface area contributed by atoms with Crippen LogP contribution in [0.4, 0.5) is 0 Å². The number of carbonyl (C=O) groups is 1. The molecule has 17 heavy (non-hydrogen) atoms. The molecule has 0 fully saturated rings. The molecule has 94 valence electrons. The van der Waals surface area contributed by atoms with Crippen molar-refractivity contribution in [3.8, 4) is 5.88 Å². The Hall–Kier alpha value is -1.65. The van der Waals surface area contributed by atoms with Gasteiger partial charge in [-0.1, -0.05) is 32.6 Å². The second-order valence-electron chi connectivity index (χ2n) is 3.81. The maximum absolute atomic E-state index is 10.5. The third kappa shape index (κ3) is 5.29. The van der Waals surface area contributed by atoms with E-state index in [-0.39, 0.29) is 5.69 Å². The third-order valence-electron chi connectivity index (χ3n) is 2.35. The first kappa shape index (κ1) is 13.4. The van der Waals surface area contributed by atoms with Crippen LogP contribution in [-0.2, 0) is 0 Å². The molecule has 0 amide bonds. The van der Waals surface area contributed by atoms with Gasteiger partial charge in [0.15, 0.2) is 5.69 Å². The fraction of sp³-hybridized carbons (Fsp3) is 0.583. The molecule has 1 rings (SSSR count). The Morgan fingerprint density at radius 3 is 2.59 bits per heavy atom. The molecule has 1 aromatic heterocycles. The number of nitrogens with zero attached hydrogens (tertiary/aromatic N) is 2. The minimum atomic E-state index is -1.08. The van der Waals surface area contributed by atoms with Gasteiger partial charge in [0.1, 0.15) is 0 Å². The largest absolute Gasteiger partial charge is 0.477 e. The normalized spacial score (nSPS) is 10.2. The molecular formula is C12H18N2O3. The zero-order valence-corrected chi connectivity index (χ0v) is 10.1. The van der Waals surface area contributed by atoms with E-state index in [1.54, 1.807) is 0 Å². The lowest BCUT2D eigenvalue weighted by molar-refractivity contribution is 0.0689. The molecule has 0 unspecified atom stereocenters. The number of unbranched alkanes of at least 4 members (excludes halogenated alkanes) is 4. The molecule has 0 radical (unpaired) electrons. The monoisotopic (exact) mass is 238 g/mol. The van der Waals surface area contributed by atoms with Crippen molar-refractivity contribution >= 4 is 5.97 Å². The molecule has 0 saturated carbocycles. The number of carboxylic acids is 1. The smallest absolute Gasteiger partial charge is 0.356 e. The highest BCUT2D eigenvalue weighted by Gasteiger charge is 2.04. The summed E-state index contributed by atoms with van der Waals surface area (Å²) in [4.78, 5) is 18.1. The van der Waals surface area contributed by atoms with Crippen LogP contribution in [0.1, 0.15) is 49.5 Å². The molecule has 0 atom stereocenters. The highest BCUT2D eigenvalue weighted by molar-refractivity contribution is 5.84. The molecule has 0 aliphatic rings. The first-order valence-corrected chi connectivity index (χ1v) is 5.92. The predicted molar refractivity (Wildman–Crippen MR) is 63.2 cm³/mol. The molecule has 1 heterocycles. The Labute approximate surface area is 101 Å². The Bertz CT molecular complexity index is 338. The van der Waals surface area contributed by atoms with Crippen molar-refractivity contribution in [2.75, 3.05) is 6.61 Å². The minimum Gasteiger partial charge on any atom is -0.477 e. The SMILES string of the molecule is CCCCCCCOc1cnc(C(=O)O)cn1. The summed E-state index contributed by atoms with van der Waals surface area (Å²) in [6, 6.07) is 0. The number of carboxylic acid groups (broad SMARTS) is 1. The first-order valence-electron chi connectivity index (χ1n) is 5.92. The van der Waals surface area contributed by atoms with E-state index >= 15 is 0 Å². The van der Waals surface area contributed by atoms with Crippen LogP contribution in [0.15, 0.2) is 12.4 Å². The highest BCUT2D eigenvalue weighted by atomic mass is 16.5. The molecule has 5 heteroatoms. The molecule has 0 aliphatic heterocycles. The van der Waals surface area contributed by atoms with Gasteiger partial charge in [-0.3, -0.25) is 0 Å². The summed E-state index contributed by atoms with van der Waals surface area (Å²) >= 11 is 0. The van der Waals surface area contributed by atoms with Crippen LogP contribution in [0.25, 0.3) is 0 Å². The summed E-state index contributed by atoms with van der Waals surface area (Å²) < 4.78 is 5.35. The lowest BCUT2D eigenvalue weighted by Crippen LogP contribution is -2.04. The lowest BCUT2D eigenvalue weighted by atomic mass is 10.2. The third-order valence-corrected chi connectivity index (χ3v) is 2.35. The van der Waals surface area contributed by atoms with E-state index in [1.807, 2.05) is 0 Å². The lowest BCUT2D eigenvalue weighted by Gasteiger charge is -2.04. The van der Waals surface area contributed by atoms with Gasteiger partial charge >= 0.3 is 5.97 Å². The van der Waals surface area contributed by atoms with Crippen LogP contribution in [-0.4, -0.2) is 27.7 Å². The van der Waals surface area contributed by atoms with E-state index in [0.717, 1.165) is 12.8 Å². The van der Waals surface area contributed by atoms with Crippen molar-refractivity contribution in [1.29, 1.82) is 0 Å². The molecule has 1 aromatic rings. The summed E-state index contributed by atoms with van der Waals surface area (Å²) in [7, 11) is 0. The quantitative estimate of drug-likeness (QED) is 0.704. The Kier molecular flexibility index (Phi) is 5.99. The second kappa shape index (κ2) is 7.60. The van der Waals surface area contributed by atoms with Crippen molar-refractivity contribution in [3.63, 3.8) is 0 Å². The molecular weight excluding hydrogens is 220 g/mol. The summed E-state index contributed by atoms with van der Waals surface area (Å²) in [6.07, 6.45) is 8.39. The van der Waals surface area contributed by atoms with Crippen LogP contribution in [0.2, 0.25) is 0 Å². The van der Waals surface area contributed by atoms with E-state index in [2.05, 4.69) is 16.9 Å². The second-order valence-corrected chi connectivity index (χ2v) is 3.81. The molecule has 5 nitrogen and oxygen atoms in total. The Morgan fingerprint density at radius 2 is 2.00 bits per heavy atom. The predicted octanol–water partition coefficient (Wildman–Crippen LogP) is 2.52. The van der Waals surface area contributed by atoms with Gasteiger partial charge in [-0.15, -0.1) is 0 Å². The van der Waals surface area contributed by atoms with E-state index < -0.39 is 5.97 Å². The average molecular weight is 238 g/mol. The first-order chi connectivity index (χ1) is 8.24. The average Bonchev–Trinajstić information content (AvgIpc) is 2.34. The maximum Gasteiger partial charge on any atom is 0.356 e. The molecule has 0 saturated heterocycles. The number of aromatic carboxylic acids is 1. The Morgan fingerprint density at radius 1 is 1.24 bits per heavy atom. The van der Waals surface area contributed by atoms with Crippen molar-refractivity contribution in [3.05, 3.63) is 18.1 Å². The van der Waals surface area contributed by atoms with Gasteiger partial charge in [0, 0.05) is 0 Å². The summed E-state index contributed by atoms with van der Waals surface area (Å²) in [6.45, 7) is 2.78. The van der Waals surface area contributed by atoms with Crippen LogP contribution in [0.5, 0.6) is 5.88 Å². The number of hydrogen-bond donors (Lipinski definition) is 1. The van der Waals surface area contributed by atoms with E-state index in [4.69, 9.17) is 9.84 Å². The molecule has 0 aliphatic carbocycles. The van der Waals surface area contributed by atoms with Gasteiger partial charge < -0.3 is 9.84 Å². The standard InChI is InChI=1S/C12H18N2O3/c1-2-3-4-5-6-7-17-11-9-13-10(8-14-11)12(15)16/h8-9H,2-7H2,1H3,(H,15,16). The van der Waals surface area contributed by atoms with Crippen molar-refractivity contribution < 1.29 is 14.6 Å². The number of ether oxygens (including phenoxy) is 1. The molecule has 1 N–H and O–H groups in total.